The molecule has 0 fully saturated rings. The van der Waals surface area contributed by atoms with E-state index in [2.05, 4.69) is 10.6 Å². The van der Waals surface area contributed by atoms with Gasteiger partial charge >= 0.3 is 11.9 Å². The number of hydrogen-bond donors (Lipinski definition) is 5. The highest BCUT2D eigenvalue weighted by atomic mass is 35.5. The Labute approximate surface area is 173 Å². The molecule has 0 saturated carbocycles. The van der Waals surface area contributed by atoms with Gasteiger partial charge in [0, 0.05) is 6.54 Å². The van der Waals surface area contributed by atoms with Crippen LogP contribution in [0.5, 0.6) is 0 Å². The average molecular weight is 414 g/mol. The second kappa shape index (κ2) is 9.59. The van der Waals surface area contributed by atoms with Gasteiger partial charge in [-0.25, -0.2) is 9.59 Å². The van der Waals surface area contributed by atoms with Crippen LogP contribution in [-0.2, 0) is 6.54 Å². The number of nitrogens with two attached hydrogens (primary N) is 1. The minimum atomic E-state index is -1.07. The molecule has 0 radical (unpaired) electrons. The molecule has 0 spiro atoms. The third kappa shape index (κ3) is 5.04. The monoisotopic (exact) mass is 413 g/mol. The second-order valence-corrected chi connectivity index (χ2v) is 6.04. The molecule has 8 heteroatoms. The summed E-state index contributed by atoms with van der Waals surface area (Å²) in [6, 6.07) is 18.6. The van der Waals surface area contributed by atoms with Gasteiger partial charge in [0.15, 0.2) is 0 Å². The molecule has 0 amide bonds. The number of anilines is 4. The normalized spacial score (nSPS) is 9.97. The van der Waals surface area contributed by atoms with E-state index in [1.165, 1.54) is 12.1 Å². The minimum Gasteiger partial charge on any atom is -0.478 e. The van der Waals surface area contributed by atoms with Crippen LogP contribution in [0.2, 0.25) is 0 Å². The van der Waals surface area contributed by atoms with Crippen molar-refractivity contribution in [1.29, 1.82) is 0 Å². The fraction of sp³-hybridized carbons (Fsp3) is 0.0476. The van der Waals surface area contributed by atoms with Crippen LogP contribution in [-0.4, -0.2) is 22.2 Å². The van der Waals surface area contributed by atoms with E-state index < -0.39 is 11.9 Å². The minimum absolute atomic E-state index is 0. The van der Waals surface area contributed by atoms with Gasteiger partial charge in [-0.15, -0.1) is 12.4 Å². The zero-order valence-electron chi connectivity index (χ0n) is 15.3. The van der Waals surface area contributed by atoms with E-state index in [1.807, 2.05) is 0 Å². The van der Waals surface area contributed by atoms with Gasteiger partial charge in [-0.05, 0) is 42.0 Å². The lowest BCUT2D eigenvalue weighted by Crippen LogP contribution is -2.07. The molecule has 3 aromatic rings. The topological polar surface area (TPSA) is 125 Å². The van der Waals surface area contributed by atoms with Gasteiger partial charge < -0.3 is 26.6 Å². The van der Waals surface area contributed by atoms with Gasteiger partial charge in [-0.2, -0.15) is 0 Å². The fourth-order valence-electron chi connectivity index (χ4n) is 2.77. The van der Waals surface area contributed by atoms with Gasteiger partial charge in [-0.1, -0.05) is 30.3 Å². The Morgan fingerprint density at radius 1 is 0.724 bits per heavy atom. The van der Waals surface area contributed by atoms with Crippen LogP contribution in [0.15, 0.2) is 66.7 Å². The van der Waals surface area contributed by atoms with E-state index in [9.17, 15) is 19.8 Å². The van der Waals surface area contributed by atoms with Crippen LogP contribution in [0.3, 0.4) is 0 Å². The van der Waals surface area contributed by atoms with Crippen molar-refractivity contribution in [2.24, 2.45) is 5.73 Å². The summed E-state index contributed by atoms with van der Waals surface area (Å²) >= 11 is 0. The van der Waals surface area contributed by atoms with E-state index >= 15 is 0 Å². The lowest BCUT2D eigenvalue weighted by molar-refractivity contribution is 0.0687. The number of carboxylic acid groups (broad SMARTS) is 2. The molecule has 3 rings (SSSR count). The predicted octanol–water partition coefficient (Wildman–Crippen LogP) is 4.45. The molecule has 0 unspecified atom stereocenters. The van der Waals surface area contributed by atoms with Crippen molar-refractivity contribution < 1.29 is 19.8 Å². The fourth-order valence-corrected chi connectivity index (χ4v) is 2.77. The maximum absolute atomic E-state index is 11.6. The zero-order chi connectivity index (χ0) is 20.1. The highest BCUT2D eigenvalue weighted by Crippen LogP contribution is 2.31. The standard InChI is InChI=1S/C21H19N3O4.ClH/c22-12-13-9-10-17(15(11-13)21(27)28)24-19-8-4-3-7-18(19)23-16-6-2-1-5-14(16)20(25)26;/h1-11,23-24H,12,22H2,(H,25,26)(H,27,28);1H. The smallest absolute Gasteiger partial charge is 0.337 e. The molecule has 0 aliphatic carbocycles. The van der Waals surface area contributed by atoms with E-state index in [4.69, 9.17) is 5.73 Å². The summed E-state index contributed by atoms with van der Waals surface area (Å²) in [6.45, 7) is 0.241. The van der Waals surface area contributed by atoms with E-state index in [-0.39, 0.29) is 30.1 Å². The number of rotatable bonds is 7. The van der Waals surface area contributed by atoms with Crippen molar-refractivity contribution in [3.63, 3.8) is 0 Å². The summed E-state index contributed by atoms with van der Waals surface area (Å²) in [7, 11) is 0. The van der Waals surface area contributed by atoms with E-state index in [0.29, 0.717) is 28.3 Å². The first-order valence-corrected chi connectivity index (χ1v) is 8.51. The molecule has 0 heterocycles. The molecule has 0 aliphatic heterocycles. The Morgan fingerprint density at radius 3 is 1.72 bits per heavy atom. The van der Waals surface area contributed by atoms with Crippen LogP contribution in [0.4, 0.5) is 22.7 Å². The summed E-state index contributed by atoms with van der Waals surface area (Å²) in [6.07, 6.45) is 0. The summed E-state index contributed by atoms with van der Waals surface area (Å²) in [5, 5.41) is 25.1. The Hall–Kier alpha value is -3.55. The molecule has 0 saturated heterocycles. The quantitative estimate of drug-likeness (QED) is 0.387. The summed E-state index contributed by atoms with van der Waals surface area (Å²) in [5.41, 5.74) is 8.60. The van der Waals surface area contributed by atoms with Crippen LogP contribution in [0.1, 0.15) is 26.3 Å². The molecule has 29 heavy (non-hydrogen) atoms. The van der Waals surface area contributed by atoms with Gasteiger partial charge in [-0.3, -0.25) is 0 Å². The molecule has 0 aromatic heterocycles. The summed E-state index contributed by atoms with van der Waals surface area (Å²) < 4.78 is 0. The highest BCUT2D eigenvalue weighted by molar-refractivity contribution is 5.98. The molecule has 150 valence electrons. The third-order valence-corrected chi connectivity index (χ3v) is 4.17. The number of carboxylic acids is 2. The molecular weight excluding hydrogens is 394 g/mol. The Morgan fingerprint density at radius 2 is 1.21 bits per heavy atom. The van der Waals surface area contributed by atoms with Crippen molar-refractivity contribution >= 4 is 47.1 Å². The van der Waals surface area contributed by atoms with Crippen molar-refractivity contribution in [1.82, 2.24) is 0 Å². The van der Waals surface area contributed by atoms with E-state index in [1.54, 1.807) is 54.6 Å². The van der Waals surface area contributed by atoms with Gasteiger partial charge in [0.25, 0.3) is 0 Å². The van der Waals surface area contributed by atoms with Crippen molar-refractivity contribution in [3.8, 4) is 0 Å². The lowest BCUT2D eigenvalue weighted by atomic mass is 10.1. The lowest BCUT2D eigenvalue weighted by Gasteiger charge is -2.16. The molecule has 0 aliphatic rings. The van der Waals surface area contributed by atoms with Crippen molar-refractivity contribution in [2.45, 2.75) is 6.54 Å². The summed E-state index contributed by atoms with van der Waals surface area (Å²) in [5.74, 6) is -2.11. The number of para-hydroxylation sites is 3. The summed E-state index contributed by atoms with van der Waals surface area (Å²) in [4.78, 5) is 23.1. The number of halogens is 1. The number of hydrogen-bond acceptors (Lipinski definition) is 5. The molecule has 0 atom stereocenters. The van der Waals surface area contributed by atoms with E-state index in [0.717, 1.165) is 0 Å². The Bertz CT molecular complexity index is 1040. The predicted molar refractivity (Wildman–Crippen MR) is 115 cm³/mol. The number of nitrogens with one attached hydrogen (secondary N) is 2. The Balaban J connectivity index is 0.00000300. The van der Waals surface area contributed by atoms with Gasteiger partial charge in [0.1, 0.15) is 0 Å². The number of benzene rings is 3. The van der Waals surface area contributed by atoms with Gasteiger partial charge in [0.05, 0.1) is 33.9 Å². The number of aromatic carboxylic acids is 2. The van der Waals surface area contributed by atoms with Crippen LogP contribution in [0, 0.1) is 0 Å². The molecular formula is C21H20ClN3O4. The highest BCUT2D eigenvalue weighted by Gasteiger charge is 2.14. The average Bonchev–Trinajstić information content (AvgIpc) is 2.70. The van der Waals surface area contributed by atoms with Crippen LogP contribution in [0.25, 0.3) is 0 Å². The zero-order valence-corrected chi connectivity index (χ0v) is 16.1. The molecule has 3 aromatic carbocycles. The maximum atomic E-state index is 11.6. The van der Waals surface area contributed by atoms with Gasteiger partial charge in [0.2, 0.25) is 0 Å². The van der Waals surface area contributed by atoms with Crippen molar-refractivity contribution in [2.75, 3.05) is 10.6 Å². The maximum Gasteiger partial charge on any atom is 0.337 e. The SMILES string of the molecule is Cl.NCc1ccc(Nc2ccccc2Nc2ccccc2C(=O)O)c(C(=O)O)c1. The molecule has 0 bridgehead atoms. The largest absolute Gasteiger partial charge is 0.478 e. The first-order valence-electron chi connectivity index (χ1n) is 8.51. The molecule has 7 nitrogen and oxygen atoms in total. The second-order valence-electron chi connectivity index (χ2n) is 6.04. The third-order valence-electron chi connectivity index (χ3n) is 4.17. The number of carbonyl (C=O) groups is 2. The Kier molecular flexibility index (Phi) is 7.19. The first kappa shape index (κ1) is 21.7. The van der Waals surface area contributed by atoms with Crippen LogP contribution >= 0.6 is 12.4 Å². The van der Waals surface area contributed by atoms with Crippen molar-refractivity contribution in [3.05, 3.63) is 83.4 Å². The molecule has 6 N–H and O–H groups in total. The first-order chi connectivity index (χ1) is 13.5. The van der Waals surface area contributed by atoms with Crippen LogP contribution < -0.4 is 16.4 Å².